The average Bonchev–Trinajstić information content (AvgIpc) is 2.18. The minimum Gasteiger partial charge on any atom is -0.378 e. The van der Waals surface area contributed by atoms with Crippen LogP contribution in [0.25, 0.3) is 0 Å². The number of nitrogens with zero attached hydrogens (tertiary/aromatic N) is 1. The Kier molecular flexibility index (Phi) is 7.51. The summed E-state index contributed by atoms with van der Waals surface area (Å²) in [4.78, 5) is 0. The monoisotopic (exact) mass is 255 g/mol. The third kappa shape index (κ3) is 9.44. The van der Waals surface area contributed by atoms with Crippen LogP contribution >= 0.6 is 0 Å². The first-order chi connectivity index (χ1) is 8.17. The van der Waals surface area contributed by atoms with Gasteiger partial charge in [0, 0.05) is 0 Å². The predicted octanol–water partition coefficient (Wildman–Crippen LogP) is 3.78. The zero-order chi connectivity index (χ0) is 14.2. The fraction of sp³-hybridized carbons (Fsp3) is 0.933. The molecule has 0 spiro atoms. The van der Waals surface area contributed by atoms with Crippen LogP contribution in [0.3, 0.4) is 0 Å². The van der Waals surface area contributed by atoms with Crippen molar-refractivity contribution in [3.8, 4) is 6.07 Å². The van der Waals surface area contributed by atoms with Crippen LogP contribution in [0, 0.1) is 22.2 Å². The maximum Gasteiger partial charge on any atom is 0.0704 e. The Labute approximate surface area is 112 Å². The summed E-state index contributed by atoms with van der Waals surface area (Å²) in [5, 5.41) is 8.38. The van der Waals surface area contributed by atoms with Crippen molar-refractivity contribution in [1.29, 1.82) is 5.26 Å². The van der Waals surface area contributed by atoms with Crippen LogP contribution in [0.5, 0.6) is 0 Å². The van der Waals surface area contributed by atoms with Gasteiger partial charge in [-0.3, -0.25) is 0 Å². The number of nitriles is 1. The normalized spacial score (nSPS) is 14.3. The molecule has 0 saturated heterocycles. The minimum absolute atomic E-state index is 0.139. The quantitative estimate of drug-likeness (QED) is 0.650. The molecule has 106 valence electrons. The highest BCUT2D eigenvalue weighted by atomic mass is 16.5. The van der Waals surface area contributed by atoms with E-state index in [4.69, 9.17) is 14.7 Å². The molecule has 1 atom stereocenters. The molecule has 0 N–H and O–H groups in total. The lowest BCUT2D eigenvalue weighted by atomic mass is 9.78. The summed E-state index contributed by atoms with van der Waals surface area (Å²) < 4.78 is 11.3. The summed E-state index contributed by atoms with van der Waals surface area (Å²) in [6.07, 6.45) is 1.72. The molecule has 0 aliphatic rings. The SMILES string of the molecule is CC(C)(C)CC(OCCOCCC#N)C(C)(C)C. The Morgan fingerprint density at radius 1 is 1.00 bits per heavy atom. The number of ether oxygens (including phenoxy) is 2. The van der Waals surface area contributed by atoms with Crippen molar-refractivity contribution in [2.75, 3.05) is 19.8 Å². The molecular weight excluding hydrogens is 226 g/mol. The van der Waals surface area contributed by atoms with E-state index in [1.54, 1.807) is 0 Å². The van der Waals surface area contributed by atoms with Crippen molar-refractivity contribution >= 4 is 0 Å². The zero-order valence-corrected chi connectivity index (χ0v) is 12.9. The molecule has 18 heavy (non-hydrogen) atoms. The largest absolute Gasteiger partial charge is 0.378 e. The van der Waals surface area contributed by atoms with Gasteiger partial charge < -0.3 is 9.47 Å². The summed E-state index contributed by atoms with van der Waals surface area (Å²) >= 11 is 0. The first-order valence-electron chi connectivity index (χ1n) is 6.73. The molecule has 0 aromatic heterocycles. The van der Waals surface area contributed by atoms with Gasteiger partial charge in [0.15, 0.2) is 0 Å². The van der Waals surface area contributed by atoms with E-state index >= 15 is 0 Å². The van der Waals surface area contributed by atoms with Crippen molar-refractivity contribution in [2.45, 2.75) is 60.5 Å². The highest BCUT2D eigenvalue weighted by Gasteiger charge is 2.29. The van der Waals surface area contributed by atoms with Crippen molar-refractivity contribution in [3.63, 3.8) is 0 Å². The number of hydrogen-bond acceptors (Lipinski definition) is 3. The second kappa shape index (κ2) is 7.76. The maximum absolute atomic E-state index is 8.38. The maximum atomic E-state index is 8.38. The van der Waals surface area contributed by atoms with Crippen LogP contribution in [0.4, 0.5) is 0 Å². The van der Waals surface area contributed by atoms with Crippen molar-refractivity contribution in [2.24, 2.45) is 10.8 Å². The highest BCUT2D eigenvalue weighted by molar-refractivity contribution is 4.79. The van der Waals surface area contributed by atoms with Gasteiger partial charge in [0.25, 0.3) is 0 Å². The van der Waals surface area contributed by atoms with Gasteiger partial charge in [-0.2, -0.15) is 5.26 Å². The standard InChI is InChI=1S/C15H29NO2/c1-14(2,3)12-13(15(4,5)6)18-11-10-17-9-7-8-16/h13H,7,9-12H2,1-6H3. The van der Waals surface area contributed by atoms with Gasteiger partial charge in [-0.15, -0.1) is 0 Å². The van der Waals surface area contributed by atoms with Gasteiger partial charge in [0.05, 0.1) is 38.4 Å². The Balaban J connectivity index is 4.01. The second-order valence-corrected chi connectivity index (χ2v) is 7.01. The van der Waals surface area contributed by atoms with Gasteiger partial charge in [-0.05, 0) is 17.3 Å². The van der Waals surface area contributed by atoms with Gasteiger partial charge in [0.1, 0.15) is 0 Å². The van der Waals surface area contributed by atoms with Gasteiger partial charge >= 0.3 is 0 Å². The van der Waals surface area contributed by atoms with Gasteiger partial charge in [-0.1, -0.05) is 41.5 Å². The second-order valence-electron chi connectivity index (χ2n) is 7.01. The van der Waals surface area contributed by atoms with Crippen LogP contribution in [0.15, 0.2) is 0 Å². The molecule has 0 radical (unpaired) electrons. The topological polar surface area (TPSA) is 42.2 Å². The lowest BCUT2D eigenvalue weighted by Gasteiger charge is -2.35. The molecule has 0 heterocycles. The Morgan fingerprint density at radius 2 is 1.61 bits per heavy atom. The lowest BCUT2D eigenvalue weighted by Crippen LogP contribution is -2.34. The van der Waals surface area contributed by atoms with Crippen molar-refractivity contribution in [3.05, 3.63) is 0 Å². The summed E-state index contributed by atoms with van der Waals surface area (Å²) in [5.74, 6) is 0. The fourth-order valence-corrected chi connectivity index (χ4v) is 1.64. The fourth-order valence-electron chi connectivity index (χ4n) is 1.64. The zero-order valence-electron chi connectivity index (χ0n) is 12.9. The van der Waals surface area contributed by atoms with Crippen LogP contribution < -0.4 is 0 Å². The van der Waals surface area contributed by atoms with Crippen LogP contribution in [-0.4, -0.2) is 25.9 Å². The van der Waals surface area contributed by atoms with Crippen LogP contribution in [0.1, 0.15) is 54.4 Å². The minimum atomic E-state index is 0.139. The Bertz CT molecular complexity index is 255. The number of rotatable bonds is 7. The summed E-state index contributed by atoms with van der Waals surface area (Å²) in [5.41, 5.74) is 0.402. The molecule has 0 bridgehead atoms. The smallest absolute Gasteiger partial charge is 0.0704 e. The van der Waals surface area contributed by atoms with Crippen molar-refractivity contribution < 1.29 is 9.47 Å². The molecule has 3 nitrogen and oxygen atoms in total. The van der Waals surface area contributed by atoms with E-state index in [0.29, 0.717) is 26.2 Å². The van der Waals surface area contributed by atoms with Gasteiger partial charge in [0.2, 0.25) is 0 Å². The lowest BCUT2D eigenvalue weighted by molar-refractivity contribution is -0.0601. The summed E-state index contributed by atoms with van der Waals surface area (Å²) in [6.45, 7) is 15.0. The molecule has 0 aromatic rings. The molecule has 0 saturated carbocycles. The summed E-state index contributed by atoms with van der Waals surface area (Å²) in [7, 11) is 0. The van der Waals surface area contributed by atoms with E-state index in [2.05, 4.69) is 47.6 Å². The molecule has 0 amide bonds. The van der Waals surface area contributed by atoms with E-state index < -0.39 is 0 Å². The third-order valence-corrected chi connectivity index (χ3v) is 2.67. The molecule has 0 rings (SSSR count). The van der Waals surface area contributed by atoms with Crippen molar-refractivity contribution in [1.82, 2.24) is 0 Å². The molecule has 0 aliphatic heterocycles. The summed E-state index contributed by atoms with van der Waals surface area (Å²) in [6, 6.07) is 2.06. The Hall–Kier alpha value is -0.590. The van der Waals surface area contributed by atoms with E-state index in [-0.39, 0.29) is 16.9 Å². The number of hydrogen-bond donors (Lipinski definition) is 0. The first kappa shape index (κ1) is 17.4. The Morgan fingerprint density at radius 3 is 2.06 bits per heavy atom. The first-order valence-corrected chi connectivity index (χ1v) is 6.73. The molecule has 3 heteroatoms. The molecule has 0 aromatic carbocycles. The van der Waals surface area contributed by atoms with Gasteiger partial charge in [-0.25, -0.2) is 0 Å². The van der Waals surface area contributed by atoms with Crippen LogP contribution in [0.2, 0.25) is 0 Å². The van der Waals surface area contributed by atoms with E-state index in [0.717, 1.165) is 6.42 Å². The van der Waals surface area contributed by atoms with E-state index in [1.807, 2.05) is 0 Å². The molecule has 0 fully saturated rings. The van der Waals surface area contributed by atoms with E-state index in [9.17, 15) is 0 Å². The van der Waals surface area contributed by atoms with Crippen LogP contribution in [-0.2, 0) is 9.47 Å². The molecule has 1 unspecified atom stereocenters. The molecular formula is C15H29NO2. The predicted molar refractivity (Wildman–Crippen MR) is 74.3 cm³/mol. The van der Waals surface area contributed by atoms with E-state index in [1.165, 1.54) is 0 Å². The molecule has 0 aliphatic carbocycles. The highest BCUT2D eigenvalue weighted by Crippen LogP contribution is 2.32. The average molecular weight is 255 g/mol. The third-order valence-electron chi connectivity index (χ3n) is 2.67.